The minimum Gasteiger partial charge on any atom is -0.312 e. The van der Waals surface area contributed by atoms with Crippen LogP contribution in [0, 0.1) is 0 Å². The molecule has 1 fully saturated rings. The lowest BCUT2D eigenvalue weighted by atomic mass is 10.1. The molecule has 2 heterocycles. The summed E-state index contributed by atoms with van der Waals surface area (Å²) < 4.78 is 28.2. The van der Waals surface area contributed by atoms with Gasteiger partial charge in [-0.15, -0.1) is 0 Å². The first kappa shape index (κ1) is 20.8. The lowest BCUT2D eigenvalue weighted by molar-refractivity contribution is -0.118. The van der Waals surface area contributed by atoms with Crippen LogP contribution >= 0.6 is 0 Å². The second-order valence-corrected chi connectivity index (χ2v) is 10.1. The zero-order valence-electron chi connectivity index (χ0n) is 17.7. The molecule has 1 aromatic heterocycles. The fraction of sp³-hybridized carbons (Fsp3) is 0.348. The fourth-order valence-electron chi connectivity index (χ4n) is 4.35. The molecule has 5 rings (SSSR count). The highest BCUT2D eigenvalue weighted by molar-refractivity contribution is 7.89. The van der Waals surface area contributed by atoms with Crippen LogP contribution in [0.4, 0.5) is 5.69 Å². The summed E-state index contributed by atoms with van der Waals surface area (Å²) in [5.41, 5.74) is 2.21. The number of nitrogens with zero attached hydrogens (tertiary/aromatic N) is 3. The number of aryl methyl sites for hydroxylation is 1. The third-order valence-electron chi connectivity index (χ3n) is 6.18. The molecule has 166 valence electrons. The number of aromatic nitrogens is 2. The van der Waals surface area contributed by atoms with E-state index >= 15 is 0 Å². The summed E-state index contributed by atoms with van der Waals surface area (Å²) in [6, 6.07) is 12.3. The van der Waals surface area contributed by atoms with Crippen LogP contribution in [0.3, 0.4) is 0 Å². The van der Waals surface area contributed by atoms with Gasteiger partial charge >= 0.3 is 0 Å². The van der Waals surface area contributed by atoms with Crippen molar-refractivity contribution in [3.05, 3.63) is 64.2 Å². The summed E-state index contributed by atoms with van der Waals surface area (Å²) in [6.07, 6.45) is 3.13. The number of sulfonamides is 1. The van der Waals surface area contributed by atoms with Crippen molar-refractivity contribution in [3.63, 3.8) is 0 Å². The minimum atomic E-state index is -3.53. The molecule has 1 amide bonds. The SMILES string of the molecule is CNS(=O)(=O)c1ccc2c(c1)CCN2C(=O)CCc1nc2ccccc2c(=O)n1C1CC1. The Morgan fingerprint density at radius 1 is 1.19 bits per heavy atom. The average molecular weight is 453 g/mol. The van der Waals surface area contributed by atoms with Crippen molar-refractivity contribution in [1.82, 2.24) is 14.3 Å². The predicted molar refractivity (Wildman–Crippen MR) is 121 cm³/mol. The maximum absolute atomic E-state index is 13.0. The summed E-state index contributed by atoms with van der Waals surface area (Å²) in [5, 5.41) is 0.607. The highest BCUT2D eigenvalue weighted by Crippen LogP contribution is 2.35. The van der Waals surface area contributed by atoms with Crippen molar-refractivity contribution >= 4 is 32.5 Å². The second kappa shape index (κ2) is 7.83. The molecule has 9 heteroatoms. The van der Waals surface area contributed by atoms with Gasteiger partial charge in [-0.1, -0.05) is 12.1 Å². The van der Waals surface area contributed by atoms with Crippen LogP contribution in [0.2, 0.25) is 0 Å². The number of benzene rings is 2. The number of hydrogen-bond donors (Lipinski definition) is 1. The van der Waals surface area contributed by atoms with Gasteiger partial charge in [-0.2, -0.15) is 0 Å². The van der Waals surface area contributed by atoms with Gasteiger partial charge in [0.05, 0.1) is 15.8 Å². The zero-order chi connectivity index (χ0) is 22.5. The molecule has 0 radical (unpaired) electrons. The summed E-state index contributed by atoms with van der Waals surface area (Å²) in [4.78, 5) is 32.7. The maximum Gasteiger partial charge on any atom is 0.261 e. The molecule has 32 heavy (non-hydrogen) atoms. The van der Waals surface area contributed by atoms with Crippen LogP contribution in [0.25, 0.3) is 10.9 Å². The van der Waals surface area contributed by atoms with Crippen molar-refractivity contribution < 1.29 is 13.2 Å². The van der Waals surface area contributed by atoms with Crippen LogP contribution < -0.4 is 15.2 Å². The van der Waals surface area contributed by atoms with Gasteiger partial charge in [-0.3, -0.25) is 14.2 Å². The van der Waals surface area contributed by atoms with E-state index in [1.54, 1.807) is 27.7 Å². The van der Waals surface area contributed by atoms with Crippen LogP contribution in [0.15, 0.2) is 52.2 Å². The number of nitrogens with one attached hydrogen (secondary N) is 1. The third kappa shape index (κ3) is 3.61. The van der Waals surface area contributed by atoms with E-state index < -0.39 is 10.0 Å². The highest BCUT2D eigenvalue weighted by Gasteiger charge is 2.30. The number of hydrogen-bond acceptors (Lipinski definition) is 5. The molecule has 2 aromatic carbocycles. The van der Waals surface area contributed by atoms with Crippen molar-refractivity contribution in [2.24, 2.45) is 0 Å². The van der Waals surface area contributed by atoms with E-state index in [4.69, 9.17) is 4.98 Å². The lowest BCUT2D eigenvalue weighted by Gasteiger charge is -2.18. The Bertz CT molecular complexity index is 1390. The number of carbonyl (C=O) groups excluding carboxylic acids is 1. The molecule has 1 aliphatic heterocycles. The third-order valence-corrected chi connectivity index (χ3v) is 7.59. The molecule has 0 unspecified atom stereocenters. The molecule has 3 aromatic rings. The highest BCUT2D eigenvalue weighted by atomic mass is 32.2. The predicted octanol–water partition coefficient (Wildman–Crippen LogP) is 2.16. The Kier molecular flexibility index (Phi) is 5.10. The van der Waals surface area contributed by atoms with E-state index in [1.807, 2.05) is 18.2 Å². The first-order valence-corrected chi connectivity index (χ1v) is 12.2. The van der Waals surface area contributed by atoms with Crippen molar-refractivity contribution in [1.29, 1.82) is 0 Å². The van der Waals surface area contributed by atoms with Crippen LogP contribution in [0.1, 0.15) is 36.7 Å². The molecule has 0 saturated heterocycles. The Morgan fingerprint density at radius 2 is 1.97 bits per heavy atom. The van der Waals surface area contributed by atoms with Gasteiger partial charge in [0.15, 0.2) is 0 Å². The quantitative estimate of drug-likeness (QED) is 0.618. The molecule has 1 saturated carbocycles. The molecule has 1 N–H and O–H groups in total. The molecular formula is C23H24N4O4S. The van der Waals surface area contributed by atoms with Gasteiger partial charge in [0, 0.05) is 31.1 Å². The van der Waals surface area contributed by atoms with Gasteiger partial charge in [0.2, 0.25) is 15.9 Å². The first-order chi connectivity index (χ1) is 15.4. The molecular weight excluding hydrogens is 428 g/mol. The van der Waals surface area contributed by atoms with E-state index in [0.717, 1.165) is 24.1 Å². The molecule has 0 spiro atoms. The Morgan fingerprint density at radius 3 is 2.72 bits per heavy atom. The molecule has 1 aliphatic carbocycles. The summed E-state index contributed by atoms with van der Waals surface area (Å²) >= 11 is 0. The maximum atomic E-state index is 13.0. The number of rotatable bonds is 6. The molecule has 0 atom stereocenters. The Balaban J connectivity index is 1.38. The summed E-state index contributed by atoms with van der Waals surface area (Å²) in [7, 11) is -2.15. The zero-order valence-corrected chi connectivity index (χ0v) is 18.6. The second-order valence-electron chi connectivity index (χ2n) is 8.24. The molecule has 8 nitrogen and oxygen atoms in total. The number of amides is 1. The lowest BCUT2D eigenvalue weighted by Crippen LogP contribution is -2.30. The standard InChI is InChI=1S/C23H24N4O4S/c1-24-32(30,31)17-8-9-20-15(14-17)12-13-26(20)22(28)11-10-21-25-19-5-3-2-4-18(19)23(29)27(21)16-6-7-16/h2-5,8-9,14,16,24H,6-7,10-13H2,1H3. The van der Waals surface area contributed by atoms with E-state index in [9.17, 15) is 18.0 Å². The topological polar surface area (TPSA) is 101 Å². The number of para-hydroxylation sites is 1. The van der Waals surface area contributed by atoms with E-state index in [-0.39, 0.29) is 28.8 Å². The van der Waals surface area contributed by atoms with Crippen molar-refractivity contribution in [2.45, 2.75) is 43.0 Å². The van der Waals surface area contributed by atoms with Gasteiger partial charge in [0.1, 0.15) is 5.82 Å². The number of carbonyl (C=O) groups is 1. The average Bonchev–Trinajstić information content (AvgIpc) is 3.54. The Labute approximate surface area is 185 Å². The minimum absolute atomic E-state index is 0.0367. The van der Waals surface area contributed by atoms with Gasteiger partial charge in [-0.05, 0) is 62.2 Å². The number of anilines is 1. The first-order valence-electron chi connectivity index (χ1n) is 10.8. The van der Waals surface area contributed by atoms with Crippen LogP contribution in [-0.4, -0.2) is 37.5 Å². The van der Waals surface area contributed by atoms with Crippen molar-refractivity contribution in [2.75, 3.05) is 18.5 Å². The van der Waals surface area contributed by atoms with E-state index in [0.29, 0.717) is 36.1 Å². The fourth-order valence-corrected chi connectivity index (χ4v) is 5.13. The van der Waals surface area contributed by atoms with E-state index in [2.05, 4.69) is 4.72 Å². The summed E-state index contributed by atoms with van der Waals surface area (Å²) in [6.45, 7) is 0.512. The number of fused-ring (bicyclic) bond motifs is 2. The van der Waals surface area contributed by atoms with Gasteiger partial charge in [-0.25, -0.2) is 18.1 Å². The van der Waals surface area contributed by atoms with Crippen LogP contribution in [0.5, 0.6) is 0 Å². The molecule has 0 bridgehead atoms. The largest absolute Gasteiger partial charge is 0.312 e. The van der Waals surface area contributed by atoms with Crippen LogP contribution in [-0.2, 0) is 27.7 Å². The molecule has 2 aliphatic rings. The van der Waals surface area contributed by atoms with Crippen molar-refractivity contribution in [3.8, 4) is 0 Å². The smallest absolute Gasteiger partial charge is 0.261 e. The van der Waals surface area contributed by atoms with Gasteiger partial charge in [0.25, 0.3) is 5.56 Å². The summed E-state index contributed by atoms with van der Waals surface area (Å²) in [5.74, 6) is 0.595. The normalized spacial score (nSPS) is 15.8. The van der Waals surface area contributed by atoms with E-state index in [1.165, 1.54) is 13.1 Å². The van der Waals surface area contributed by atoms with Gasteiger partial charge < -0.3 is 4.90 Å². The monoisotopic (exact) mass is 452 g/mol. The Hall–Kier alpha value is -3.04.